The zero-order valence-electron chi connectivity index (χ0n) is 30.4. The molecule has 0 aromatic heterocycles. The Hall–Kier alpha value is -4.53. The molecule has 1 aliphatic carbocycles. The van der Waals surface area contributed by atoms with Crippen LogP contribution in [0.15, 0.2) is 30.3 Å². The average molecular weight is 715 g/mol. The third-order valence-electron chi connectivity index (χ3n) is 8.89. The molecule has 4 N–H and O–H groups in total. The summed E-state index contributed by atoms with van der Waals surface area (Å²) in [5, 5.41) is 10.3. The van der Waals surface area contributed by atoms with Crippen molar-refractivity contribution in [2.24, 2.45) is 11.8 Å². The average Bonchev–Trinajstić information content (AvgIpc) is 3.13. The third kappa shape index (κ3) is 12.3. The first-order valence-electron chi connectivity index (χ1n) is 17.8. The lowest BCUT2D eigenvalue weighted by atomic mass is 9.83. The van der Waals surface area contributed by atoms with Gasteiger partial charge in [-0.2, -0.15) is 0 Å². The predicted molar refractivity (Wildman–Crippen MR) is 187 cm³/mol. The van der Waals surface area contributed by atoms with Crippen LogP contribution in [0.5, 0.6) is 0 Å². The van der Waals surface area contributed by atoms with Crippen molar-refractivity contribution in [2.75, 3.05) is 47.0 Å². The van der Waals surface area contributed by atoms with Gasteiger partial charge in [0.1, 0.15) is 18.1 Å². The minimum Gasteiger partial charge on any atom is -0.449 e. The van der Waals surface area contributed by atoms with Crippen molar-refractivity contribution < 1.29 is 43.0 Å². The van der Waals surface area contributed by atoms with Gasteiger partial charge in [0.2, 0.25) is 29.4 Å². The van der Waals surface area contributed by atoms with Crippen LogP contribution in [0, 0.1) is 11.8 Å². The zero-order valence-corrected chi connectivity index (χ0v) is 30.4. The van der Waals surface area contributed by atoms with Crippen LogP contribution in [0.25, 0.3) is 0 Å². The standard InChI is InChI=1S/C36H54N6O9/c1-6-13-26(31(44)33(46)37-20-28(43)39-29(34(47)41(4)5)24-14-9-7-10-15-24)38-32(45)27-22-50-19-18-42(27)35(48)30(25-16-11-8-12-17-25)40-36(49)51-21-23(2)3/h7,9-10,14-15,23,25-27,29-30H,6,8,11-13,16-22H2,1-5H3,(H,37,46)(H,38,45)(H,39,43)(H,40,49)/t26-,27+,29+,30?/m1/s1. The number of carbonyl (C=O) groups excluding carboxylic acids is 7. The van der Waals surface area contributed by atoms with Gasteiger partial charge in [-0.15, -0.1) is 0 Å². The largest absolute Gasteiger partial charge is 0.449 e. The Morgan fingerprint density at radius 2 is 1.65 bits per heavy atom. The molecule has 15 heteroatoms. The molecule has 1 unspecified atom stereocenters. The van der Waals surface area contributed by atoms with Crippen LogP contribution in [0.1, 0.15) is 77.3 Å². The summed E-state index contributed by atoms with van der Waals surface area (Å²) in [6, 6.07) is 4.34. The second-order valence-electron chi connectivity index (χ2n) is 13.7. The van der Waals surface area contributed by atoms with Crippen LogP contribution >= 0.6 is 0 Å². The summed E-state index contributed by atoms with van der Waals surface area (Å²) in [6.07, 6.45) is 4.19. The second-order valence-corrected chi connectivity index (χ2v) is 13.7. The Morgan fingerprint density at radius 1 is 0.961 bits per heavy atom. The van der Waals surface area contributed by atoms with Crippen LogP contribution < -0.4 is 21.3 Å². The van der Waals surface area contributed by atoms with E-state index in [1.54, 1.807) is 51.4 Å². The van der Waals surface area contributed by atoms with Gasteiger partial charge >= 0.3 is 6.09 Å². The number of carbonyl (C=O) groups is 7. The number of ether oxygens (including phenoxy) is 2. The Morgan fingerprint density at radius 3 is 2.27 bits per heavy atom. The van der Waals surface area contributed by atoms with Gasteiger partial charge in [-0.1, -0.05) is 76.8 Å². The van der Waals surface area contributed by atoms with Crippen molar-refractivity contribution in [2.45, 2.75) is 89.9 Å². The topological polar surface area (TPSA) is 193 Å². The number of hydrogen-bond donors (Lipinski definition) is 4. The van der Waals surface area contributed by atoms with Crippen molar-refractivity contribution in [3.8, 4) is 0 Å². The summed E-state index contributed by atoms with van der Waals surface area (Å²) >= 11 is 0. The number of morpholine rings is 1. The molecule has 1 aromatic carbocycles. The molecule has 1 aliphatic heterocycles. The highest BCUT2D eigenvalue weighted by atomic mass is 16.5. The van der Waals surface area contributed by atoms with Crippen LogP contribution in [-0.4, -0.2) is 116 Å². The zero-order chi connectivity index (χ0) is 37.5. The summed E-state index contributed by atoms with van der Waals surface area (Å²) in [6.45, 7) is 5.32. The maximum Gasteiger partial charge on any atom is 0.407 e. The minimum absolute atomic E-state index is 0.0884. The van der Waals surface area contributed by atoms with E-state index in [2.05, 4.69) is 21.3 Å². The number of nitrogens with zero attached hydrogens (tertiary/aromatic N) is 2. The molecule has 1 aromatic rings. The number of likely N-dealkylation sites (N-methyl/N-ethyl adjacent to an activating group) is 1. The fraction of sp³-hybridized carbons (Fsp3) is 0.639. The number of benzene rings is 1. The predicted octanol–water partition coefficient (Wildman–Crippen LogP) is 1.46. The normalized spacial score (nSPS) is 18.1. The van der Waals surface area contributed by atoms with Crippen LogP contribution in [0.4, 0.5) is 4.79 Å². The Kier molecular flexibility index (Phi) is 16.3. The molecule has 0 bridgehead atoms. The van der Waals surface area contributed by atoms with Crippen LogP contribution in [0.2, 0.25) is 0 Å². The molecule has 0 spiro atoms. The molecule has 4 atom stereocenters. The van der Waals surface area contributed by atoms with Crippen LogP contribution in [-0.2, 0) is 38.2 Å². The van der Waals surface area contributed by atoms with Gasteiger partial charge in [0, 0.05) is 20.6 Å². The molecule has 282 valence electrons. The molecule has 1 heterocycles. The van der Waals surface area contributed by atoms with Gasteiger partial charge in [0.15, 0.2) is 0 Å². The molecule has 2 aliphatic rings. The van der Waals surface area contributed by atoms with Crippen LogP contribution in [0.3, 0.4) is 0 Å². The van der Waals surface area contributed by atoms with Crippen molar-refractivity contribution in [1.82, 2.24) is 31.1 Å². The maximum absolute atomic E-state index is 14.1. The SMILES string of the molecule is CCC[C@@H](NC(=O)[C@@H]1COCCN1C(=O)C(NC(=O)OCC(C)C)C1CCCCC1)C(=O)C(=O)NCC(=O)N[C@H](C(=O)N(C)C)c1ccccc1. The molecular weight excluding hydrogens is 660 g/mol. The maximum atomic E-state index is 14.1. The number of rotatable bonds is 16. The molecule has 3 rings (SSSR count). The van der Waals surface area contributed by atoms with Crippen molar-refractivity contribution in [1.29, 1.82) is 0 Å². The number of amides is 6. The Labute approximate surface area is 299 Å². The summed E-state index contributed by atoms with van der Waals surface area (Å²) in [5.74, 6) is -4.28. The Bertz CT molecular complexity index is 1370. The molecule has 0 radical (unpaired) electrons. The van der Waals surface area contributed by atoms with E-state index in [-0.39, 0.29) is 50.5 Å². The first-order valence-corrected chi connectivity index (χ1v) is 17.8. The van der Waals surface area contributed by atoms with Crippen molar-refractivity contribution in [3.63, 3.8) is 0 Å². The minimum atomic E-state index is -1.24. The van der Waals surface area contributed by atoms with E-state index in [1.165, 1.54) is 9.80 Å². The fourth-order valence-electron chi connectivity index (χ4n) is 6.16. The molecule has 1 saturated heterocycles. The van der Waals surface area contributed by atoms with Gasteiger partial charge < -0.3 is 40.5 Å². The van der Waals surface area contributed by atoms with Gasteiger partial charge in [0.05, 0.1) is 32.4 Å². The lowest BCUT2D eigenvalue weighted by molar-refractivity contribution is -0.152. The summed E-state index contributed by atoms with van der Waals surface area (Å²) in [7, 11) is 3.11. The lowest BCUT2D eigenvalue weighted by Gasteiger charge is -2.39. The number of hydrogen-bond acceptors (Lipinski definition) is 9. The molecule has 1 saturated carbocycles. The van der Waals surface area contributed by atoms with Gasteiger partial charge in [-0.25, -0.2) is 4.79 Å². The van der Waals surface area contributed by atoms with Gasteiger partial charge in [-0.05, 0) is 36.7 Å². The highest BCUT2D eigenvalue weighted by molar-refractivity contribution is 6.38. The molecule has 2 fully saturated rings. The smallest absolute Gasteiger partial charge is 0.407 e. The Balaban J connectivity index is 1.67. The van der Waals surface area contributed by atoms with E-state index < -0.39 is 66.2 Å². The van der Waals surface area contributed by atoms with E-state index in [4.69, 9.17) is 9.47 Å². The molecule has 51 heavy (non-hydrogen) atoms. The first kappa shape index (κ1) is 40.9. The quantitative estimate of drug-likeness (QED) is 0.184. The molecular formula is C36H54N6O9. The fourth-order valence-corrected chi connectivity index (χ4v) is 6.16. The highest BCUT2D eigenvalue weighted by Crippen LogP contribution is 2.28. The van der Waals surface area contributed by atoms with E-state index in [9.17, 15) is 33.6 Å². The van der Waals surface area contributed by atoms with Gasteiger partial charge in [-0.3, -0.25) is 28.8 Å². The number of alkyl carbamates (subject to hydrolysis) is 1. The summed E-state index contributed by atoms with van der Waals surface area (Å²) in [5.41, 5.74) is 0.545. The second kappa shape index (κ2) is 20.4. The third-order valence-corrected chi connectivity index (χ3v) is 8.89. The number of nitrogens with one attached hydrogen (secondary N) is 4. The monoisotopic (exact) mass is 714 g/mol. The summed E-state index contributed by atoms with van der Waals surface area (Å²) < 4.78 is 10.9. The van der Waals surface area contributed by atoms with Gasteiger partial charge in [0.25, 0.3) is 5.91 Å². The first-order chi connectivity index (χ1) is 24.3. The molecule has 15 nitrogen and oxygen atoms in total. The van der Waals surface area contributed by atoms with E-state index in [0.29, 0.717) is 12.0 Å². The number of ketones is 1. The molecule has 6 amide bonds. The van der Waals surface area contributed by atoms with E-state index >= 15 is 0 Å². The summed E-state index contributed by atoms with van der Waals surface area (Å²) in [4.78, 5) is 94.9. The lowest BCUT2D eigenvalue weighted by Crippen LogP contribution is -2.63. The highest BCUT2D eigenvalue weighted by Gasteiger charge is 2.41. The van der Waals surface area contributed by atoms with Crippen molar-refractivity contribution >= 4 is 41.4 Å². The van der Waals surface area contributed by atoms with E-state index in [0.717, 1.165) is 32.1 Å². The van der Waals surface area contributed by atoms with E-state index in [1.807, 2.05) is 13.8 Å². The number of Topliss-reactive ketones (excluding diaryl/α,β-unsaturated/α-hetero) is 1. The van der Waals surface area contributed by atoms with Crippen molar-refractivity contribution in [3.05, 3.63) is 35.9 Å².